The molecule has 0 aliphatic carbocycles. The second kappa shape index (κ2) is 4.88. The van der Waals surface area contributed by atoms with Crippen molar-refractivity contribution in [3.8, 4) is 0 Å². The van der Waals surface area contributed by atoms with E-state index in [-0.39, 0.29) is 4.90 Å². The zero-order valence-corrected chi connectivity index (χ0v) is 11.9. The van der Waals surface area contributed by atoms with Crippen LogP contribution in [0, 0.1) is 6.92 Å². The summed E-state index contributed by atoms with van der Waals surface area (Å²) < 4.78 is 27.4. The van der Waals surface area contributed by atoms with Gasteiger partial charge in [-0.3, -0.25) is 9.71 Å². The third-order valence-corrected chi connectivity index (χ3v) is 4.73. The van der Waals surface area contributed by atoms with Crippen molar-refractivity contribution in [2.75, 3.05) is 4.72 Å². The number of anilines is 1. The van der Waals surface area contributed by atoms with Gasteiger partial charge in [-0.25, -0.2) is 8.42 Å². The molecule has 0 unspecified atom stereocenters. The lowest BCUT2D eigenvalue weighted by Gasteiger charge is -2.10. The van der Waals surface area contributed by atoms with Crippen molar-refractivity contribution >= 4 is 15.7 Å². The number of sulfonamides is 1. The standard InChI is InChI=1S/C14H15N3O2S/c1-10-14(3-2-6-16-10)17-20(18,19)13-5-4-11-8-15-9-12(11)7-13/h2-7,15,17H,8-9H2,1H3. The van der Waals surface area contributed by atoms with Gasteiger partial charge in [0.15, 0.2) is 0 Å². The van der Waals surface area contributed by atoms with Gasteiger partial charge >= 0.3 is 0 Å². The highest BCUT2D eigenvalue weighted by Gasteiger charge is 2.19. The molecule has 0 radical (unpaired) electrons. The number of fused-ring (bicyclic) bond motifs is 1. The van der Waals surface area contributed by atoms with Gasteiger partial charge in [0.05, 0.1) is 16.3 Å². The number of pyridine rings is 1. The van der Waals surface area contributed by atoms with Crippen molar-refractivity contribution in [1.29, 1.82) is 0 Å². The maximum absolute atomic E-state index is 12.4. The van der Waals surface area contributed by atoms with Gasteiger partial charge in [-0.1, -0.05) is 6.07 Å². The summed E-state index contributed by atoms with van der Waals surface area (Å²) in [5.41, 5.74) is 3.35. The van der Waals surface area contributed by atoms with E-state index in [4.69, 9.17) is 0 Å². The Bertz CT molecular complexity index is 757. The number of hydrogen-bond donors (Lipinski definition) is 2. The molecule has 0 fully saturated rings. The Balaban J connectivity index is 1.94. The molecule has 0 bridgehead atoms. The summed E-state index contributed by atoms with van der Waals surface area (Å²) in [6, 6.07) is 8.63. The minimum Gasteiger partial charge on any atom is -0.309 e. The number of nitrogens with one attached hydrogen (secondary N) is 2. The molecule has 1 aliphatic heterocycles. The van der Waals surface area contributed by atoms with Crippen LogP contribution in [0.1, 0.15) is 16.8 Å². The molecule has 0 spiro atoms. The summed E-state index contributed by atoms with van der Waals surface area (Å²) >= 11 is 0. The Morgan fingerprint density at radius 2 is 2.00 bits per heavy atom. The Kier molecular flexibility index (Phi) is 3.19. The van der Waals surface area contributed by atoms with Gasteiger partial charge in [-0.2, -0.15) is 0 Å². The van der Waals surface area contributed by atoms with Crippen molar-refractivity contribution in [2.45, 2.75) is 24.9 Å². The molecular weight excluding hydrogens is 274 g/mol. The summed E-state index contributed by atoms with van der Waals surface area (Å²) in [4.78, 5) is 4.36. The van der Waals surface area contributed by atoms with Crippen LogP contribution in [-0.4, -0.2) is 13.4 Å². The maximum atomic E-state index is 12.4. The highest BCUT2D eigenvalue weighted by Crippen LogP contribution is 2.22. The van der Waals surface area contributed by atoms with Gasteiger partial charge in [0, 0.05) is 19.3 Å². The van der Waals surface area contributed by atoms with Gasteiger partial charge in [-0.05, 0) is 42.3 Å². The van der Waals surface area contributed by atoms with Crippen LogP contribution in [0.25, 0.3) is 0 Å². The Labute approximate surface area is 118 Å². The minimum atomic E-state index is -3.58. The summed E-state index contributed by atoms with van der Waals surface area (Å²) in [6.07, 6.45) is 1.63. The number of aryl methyl sites for hydroxylation is 1. The van der Waals surface area contributed by atoms with Crippen LogP contribution in [0.15, 0.2) is 41.4 Å². The quantitative estimate of drug-likeness (QED) is 0.904. The molecular formula is C14H15N3O2S. The molecule has 2 aromatic rings. The van der Waals surface area contributed by atoms with Crippen LogP contribution >= 0.6 is 0 Å². The van der Waals surface area contributed by atoms with Crippen LogP contribution < -0.4 is 10.0 Å². The second-order valence-corrected chi connectivity index (χ2v) is 6.46. The predicted octanol–water partition coefficient (Wildman–Crippen LogP) is 1.79. The first-order chi connectivity index (χ1) is 9.56. The molecule has 20 heavy (non-hydrogen) atoms. The molecule has 5 nitrogen and oxygen atoms in total. The van der Waals surface area contributed by atoms with Gasteiger partial charge in [-0.15, -0.1) is 0 Å². The Morgan fingerprint density at radius 1 is 1.20 bits per heavy atom. The molecule has 2 heterocycles. The van der Waals surface area contributed by atoms with Crippen LogP contribution in [-0.2, 0) is 23.1 Å². The average Bonchev–Trinajstić information content (AvgIpc) is 2.88. The van der Waals surface area contributed by atoms with Crippen LogP contribution in [0.3, 0.4) is 0 Å². The molecule has 1 aromatic carbocycles. The van der Waals surface area contributed by atoms with Crippen molar-refractivity contribution in [3.63, 3.8) is 0 Å². The summed E-state index contributed by atoms with van der Waals surface area (Å²) in [5, 5.41) is 3.20. The van der Waals surface area contributed by atoms with E-state index in [0.717, 1.165) is 17.7 Å². The van der Waals surface area contributed by atoms with Crippen LogP contribution in [0.4, 0.5) is 5.69 Å². The SMILES string of the molecule is Cc1ncccc1NS(=O)(=O)c1ccc2c(c1)CNC2. The lowest BCUT2D eigenvalue weighted by atomic mass is 10.1. The molecule has 104 valence electrons. The fourth-order valence-corrected chi connectivity index (χ4v) is 3.40. The van der Waals surface area contributed by atoms with E-state index in [9.17, 15) is 8.42 Å². The fraction of sp³-hybridized carbons (Fsp3) is 0.214. The molecule has 0 atom stereocenters. The van der Waals surface area contributed by atoms with Crippen LogP contribution in [0.5, 0.6) is 0 Å². The first-order valence-corrected chi connectivity index (χ1v) is 7.81. The van der Waals surface area contributed by atoms with Crippen molar-refractivity contribution in [1.82, 2.24) is 10.3 Å². The maximum Gasteiger partial charge on any atom is 0.261 e. The number of rotatable bonds is 3. The molecule has 2 N–H and O–H groups in total. The van der Waals surface area contributed by atoms with Gasteiger partial charge in [0.25, 0.3) is 10.0 Å². The number of nitrogens with zero attached hydrogens (tertiary/aromatic N) is 1. The third kappa shape index (κ3) is 2.39. The summed E-state index contributed by atoms with van der Waals surface area (Å²) in [6.45, 7) is 3.28. The number of aromatic nitrogens is 1. The average molecular weight is 289 g/mol. The second-order valence-electron chi connectivity index (χ2n) is 4.78. The van der Waals surface area contributed by atoms with E-state index in [1.807, 2.05) is 6.07 Å². The molecule has 6 heteroatoms. The van der Waals surface area contributed by atoms with Gasteiger partial charge in [0.2, 0.25) is 0 Å². The lowest BCUT2D eigenvalue weighted by molar-refractivity contribution is 0.601. The van der Waals surface area contributed by atoms with Crippen LogP contribution in [0.2, 0.25) is 0 Å². The van der Waals surface area contributed by atoms with E-state index in [2.05, 4.69) is 15.0 Å². The molecule has 1 aromatic heterocycles. The molecule has 0 saturated heterocycles. The topological polar surface area (TPSA) is 71.1 Å². The van der Waals surface area contributed by atoms with E-state index < -0.39 is 10.0 Å². The molecule has 1 aliphatic rings. The zero-order chi connectivity index (χ0) is 14.2. The highest BCUT2D eigenvalue weighted by molar-refractivity contribution is 7.92. The smallest absolute Gasteiger partial charge is 0.261 e. The molecule has 3 rings (SSSR count). The monoisotopic (exact) mass is 289 g/mol. The first kappa shape index (κ1) is 13.1. The predicted molar refractivity (Wildman–Crippen MR) is 76.8 cm³/mol. The first-order valence-electron chi connectivity index (χ1n) is 6.33. The summed E-state index contributed by atoms with van der Waals surface area (Å²) in [5.74, 6) is 0. The van der Waals surface area contributed by atoms with E-state index in [1.54, 1.807) is 37.4 Å². The Morgan fingerprint density at radius 3 is 2.80 bits per heavy atom. The van der Waals surface area contributed by atoms with Crippen molar-refractivity contribution in [3.05, 3.63) is 53.3 Å². The van der Waals surface area contributed by atoms with Crippen molar-refractivity contribution < 1.29 is 8.42 Å². The molecule has 0 amide bonds. The lowest BCUT2D eigenvalue weighted by Crippen LogP contribution is -2.14. The molecule has 0 saturated carbocycles. The van der Waals surface area contributed by atoms with Gasteiger partial charge in [0.1, 0.15) is 0 Å². The van der Waals surface area contributed by atoms with Crippen molar-refractivity contribution in [2.24, 2.45) is 0 Å². The van der Waals surface area contributed by atoms with E-state index in [0.29, 0.717) is 17.9 Å². The highest BCUT2D eigenvalue weighted by atomic mass is 32.2. The third-order valence-electron chi connectivity index (χ3n) is 3.37. The number of hydrogen-bond acceptors (Lipinski definition) is 4. The Hall–Kier alpha value is -1.92. The van der Waals surface area contributed by atoms with E-state index in [1.165, 1.54) is 0 Å². The van der Waals surface area contributed by atoms with Gasteiger partial charge < -0.3 is 5.32 Å². The normalized spacial score (nSPS) is 14.1. The minimum absolute atomic E-state index is 0.281. The largest absolute Gasteiger partial charge is 0.309 e. The number of benzene rings is 1. The zero-order valence-electron chi connectivity index (χ0n) is 11.1. The van der Waals surface area contributed by atoms with E-state index >= 15 is 0 Å². The summed E-state index contributed by atoms with van der Waals surface area (Å²) in [7, 11) is -3.58. The fourth-order valence-electron chi connectivity index (χ4n) is 2.23.